The summed E-state index contributed by atoms with van der Waals surface area (Å²) in [6, 6.07) is 0. The quantitative estimate of drug-likeness (QED) is 0.0200. The van der Waals surface area contributed by atoms with E-state index in [4.69, 9.17) is 14.2 Å². The van der Waals surface area contributed by atoms with E-state index < -0.39 is 6.10 Å². The van der Waals surface area contributed by atoms with E-state index in [2.05, 4.69) is 130 Å². The van der Waals surface area contributed by atoms with Gasteiger partial charge in [-0.3, -0.25) is 14.4 Å². The van der Waals surface area contributed by atoms with Crippen molar-refractivity contribution < 1.29 is 28.6 Å². The highest BCUT2D eigenvalue weighted by atomic mass is 16.6. The lowest BCUT2D eigenvalue weighted by Crippen LogP contribution is -2.30. The lowest BCUT2D eigenvalue weighted by atomic mass is 10.1. The molecular weight excluding hydrogens is 769 g/mol. The largest absolute Gasteiger partial charge is 0.462 e. The van der Waals surface area contributed by atoms with Gasteiger partial charge in [0.05, 0.1) is 0 Å². The average molecular weight is 857 g/mol. The number of hydrogen-bond acceptors (Lipinski definition) is 6. The molecule has 0 amide bonds. The van der Waals surface area contributed by atoms with Gasteiger partial charge in [-0.05, 0) is 103 Å². The van der Waals surface area contributed by atoms with E-state index in [-0.39, 0.29) is 37.5 Å². The maximum atomic E-state index is 12.8. The fourth-order valence-electron chi connectivity index (χ4n) is 6.07. The highest BCUT2D eigenvalue weighted by Crippen LogP contribution is 2.12. The van der Waals surface area contributed by atoms with Crippen LogP contribution >= 0.6 is 0 Å². The Balaban J connectivity index is 4.55. The molecule has 0 aliphatic heterocycles. The molecule has 0 heterocycles. The van der Waals surface area contributed by atoms with E-state index >= 15 is 0 Å². The number of hydrogen-bond donors (Lipinski definition) is 0. The number of carbonyl (C=O) groups is 3. The Kier molecular flexibility index (Phi) is 46.1. The van der Waals surface area contributed by atoms with Crippen LogP contribution in [0.3, 0.4) is 0 Å². The Morgan fingerprint density at radius 3 is 1.19 bits per heavy atom. The Morgan fingerprint density at radius 2 is 0.710 bits per heavy atom. The van der Waals surface area contributed by atoms with Crippen LogP contribution in [0, 0.1) is 0 Å². The number of allylic oxidation sites excluding steroid dienone is 20. The molecule has 0 radical (unpaired) electrons. The molecule has 1 atom stereocenters. The Morgan fingerprint density at radius 1 is 0.355 bits per heavy atom. The lowest BCUT2D eigenvalue weighted by Gasteiger charge is -2.18. The average Bonchev–Trinajstić information content (AvgIpc) is 3.27. The first-order valence-electron chi connectivity index (χ1n) is 24.6. The zero-order valence-corrected chi connectivity index (χ0v) is 39.6. The van der Waals surface area contributed by atoms with Gasteiger partial charge in [-0.1, -0.05) is 194 Å². The molecule has 0 aromatic rings. The third-order valence-corrected chi connectivity index (χ3v) is 9.72. The van der Waals surface area contributed by atoms with Gasteiger partial charge >= 0.3 is 17.9 Å². The number of carbonyl (C=O) groups excluding carboxylic acids is 3. The smallest absolute Gasteiger partial charge is 0.306 e. The lowest BCUT2D eigenvalue weighted by molar-refractivity contribution is -0.166. The van der Waals surface area contributed by atoms with E-state index in [1.807, 2.05) is 12.2 Å². The number of ether oxygens (including phenoxy) is 3. The molecule has 1 unspecified atom stereocenters. The zero-order chi connectivity index (χ0) is 45.1. The van der Waals surface area contributed by atoms with Crippen LogP contribution in [0.1, 0.15) is 194 Å². The highest BCUT2D eigenvalue weighted by molar-refractivity contribution is 5.71. The van der Waals surface area contributed by atoms with Gasteiger partial charge in [0.15, 0.2) is 6.10 Å². The first kappa shape index (κ1) is 57.8. The minimum atomic E-state index is -0.825. The van der Waals surface area contributed by atoms with Gasteiger partial charge < -0.3 is 14.2 Å². The van der Waals surface area contributed by atoms with Crippen LogP contribution in [0.2, 0.25) is 0 Å². The van der Waals surface area contributed by atoms with Crippen molar-refractivity contribution in [3.8, 4) is 0 Å². The molecule has 0 aromatic carbocycles. The van der Waals surface area contributed by atoms with Crippen LogP contribution in [0.15, 0.2) is 122 Å². The molecule has 6 heteroatoms. The molecule has 0 aliphatic carbocycles. The maximum absolute atomic E-state index is 12.8. The summed E-state index contributed by atoms with van der Waals surface area (Å²) in [5, 5.41) is 0. The van der Waals surface area contributed by atoms with Crippen molar-refractivity contribution in [3.63, 3.8) is 0 Å². The van der Waals surface area contributed by atoms with Crippen LogP contribution in [0.4, 0.5) is 0 Å². The van der Waals surface area contributed by atoms with Crippen molar-refractivity contribution in [2.24, 2.45) is 0 Å². The highest BCUT2D eigenvalue weighted by Gasteiger charge is 2.19. The topological polar surface area (TPSA) is 78.9 Å². The van der Waals surface area contributed by atoms with Gasteiger partial charge in [0, 0.05) is 19.3 Å². The Hall–Kier alpha value is -4.19. The second-order valence-electron chi connectivity index (χ2n) is 15.6. The molecular formula is C56H88O6. The van der Waals surface area contributed by atoms with Crippen molar-refractivity contribution in [1.82, 2.24) is 0 Å². The standard InChI is InChI=1S/C56H88O6/c1-4-7-10-13-16-19-22-24-26-27-28-29-30-32-34-37-40-43-46-49-55(58)61-52-53(51-60-54(57)48-45-42-39-36-33-21-18-15-12-9-6-3)62-56(59)50-47-44-41-38-35-31-25-23-20-17-14-11-8-5-2/h7-8,10-11,15-21,24,26,28-29,32-34,40,43,53H,4-6,9,12-14,22-23,25,27,30-31,35-39,41-42,44-52H2,1-3H3/b10-7-,11-8-,18-15-,19-16-,20-17-,26-24-,29-28-,33-21-,34-32-,43-40-. The Labute approximate surface area is 380 Å². The molecule has 0 rings (SSSR count). The normalized spacial score (nSPS) is 13.1. The monoisotopic (exact) mass is 857 g/mol. The predicted octanol–water partition coefficient (Wildman–Crippen LogP) is 16.1. The van der Waals surface area contributed by atoms with Gasteiger partial charge in [0.1, 0.15) is 13.2 Å². The maximum Gasteiger partial charge on any atom is 0.306 e. The minimum Gasteiger partial charge on any atom is -0.462 e. The van der Waals surface area contributed by atoms with E-state index in [0.29, 0.717) is 19.3 Å². The van der Waals surface area contributed by atoms with Crippen molar-refractivity contribution in [1.29, 1.82) is 0 Å². The van der Waals surface area contributed by atoms with Gasteiger partial charge in [-0.2, -0.15) is 0 Å². The number of rotatable bonds is 42. The minimum absolute atomic E-state index is 0.122. The molecule has 62 heavy (non-hydrogen) atoms. The van der Waals surface area contributed by atoms with Crippen LogP contribution < -0.4 is 0 Å². The molecule has 348 valence electrons. The Bertz CT molecular complexity index is 1350. The molecule has 0 saturated heterocycles. The van der Waals surface area contributed by atoms with E-state index in [0.717, 1.165) is 116 Å². The summed E-state index contributed by atoms with van der Waals surface area (Å²) < 4.78 is 16.6. The summed E-state index contributed by atoms with van der Waals surface area (Å²) in [5.41, 5.74) is 0. The van der Waals surface area contributed by atoms with Crippen LogP contribution in [0.5, 0.6) is 0 Å². The molecule has 0 spiro atoms. The van der Waals surface area contributed by atoms with Crippen LogP contribution in [-0.2, 0) is 28.6 Å². The number of esters is 3. The summed E-state index contributed by atoms with van der Waals surface area (Å²) in [5.74, 6) is -1.05. The van der Waals surface area contributed by atoms with E-state index in [9.17, 15) is 14.4 Å². The second kappa shape index (κ2) is 49.5. The summed E-state index contributed by atoms with van der Waals surface area (Å²) in [6.45, 7) is 6.24. The van der Waals surface area contributed by atoms with Crippen LogP contribution in [0.25, 0.3) is 0 Å². The van der Waals surface area contributed by atoms with Crippen molar-refractivity contribution >= 4 is 17.9 Å². The molecule has 0 aromatic heterocycles. The molecule has 0 bridgehead atoms. The predicted molar refractivity (Wildman–Crippen MR) is 265 cm³/mol. The van der Waals surface area contributed by atoms with Gasteiger partial charge in [-0.25, -0.2) is 0 Å². The number of unbranched alkanes of at least 4 members (excludes halogenated alkanes) is 12. The summed E-state index contributed by atoms with van der Waals surface area (Å²) in [7, 11) is 0. The fourth-order valence-corrected chi connectivity index (χ4v) is 6.07. The van der Waals surface area contributed by atoms with Crippen molar-refractivity contribution in [2.45, 2.75) is 200 Å². The van der Waals surface area contributed by atoms with E-state index in [1.165, 1.54) is 32.1 Å². The van der Waals surface area contributed by atoms with Gasteiger partial charge in [0.25, 0.3) is 0 Å². The molecule has 0 fully saturated rings. The van der Waals surface area contributed by atoms with Gasteiger partial charge in [0.2, 0.25) is 0 Å². The molecule has 0 aliphatic rings. The molecule has 0 saturated carbocycles. The van der Waals surface area contributed by atoms with Crippen molar-refractivity contribution in [2.75, 3.05) is 13.2 Å². The molecule has 6 nitrogen and oxygen atoms in total. The fraction of sp³-hybridized carbons (Fsp3) is 0.589. The summed E-state index contributed by atoms with van der Waals surface area (Å²) in [4.78, 5) is 37.8. The first-order chi connectivity index (χ1) is 30.5. The second-order valence-corrected chi connectivity index (χ2v) is 15.6. The zero-order valence-electron chi connectivity index (χ0n) is 39.6. The van der Waals surface area contributed by atoms with Crippen LogP contribution in [-0.4, -0.2) is 37.2 Å². The van der Waals surface area contributed by atoms with Gasteiger partial charge in [-0.15, -0.1) is 0 Å². The third-order valence-electron chi connectivity index (χ3n) is 9.72. The van der Waals surface area contributed by atoms with E-state index in [1.54, 1.807) is 0 Å². The first-order valence-corrected chi connectivity index (χ1v) is 24.6. The summed E-state index contributed by atoms with van der Waals surface area (Å²) >= 11 is 0. The van der Waals surface area contributed by atoms with Crippen molar-refractivity contribution in [3.05, 3.63) is 122 Å². The summed E-state index contributed by atoms with van der Waals surface area (Å²) in [6.07, 6.45) is 67.7. The SMILES string of the molecule is CC/C=C\C/C=C\C/C=C\C/C=C\C/C=C\C/C=C\CCC(=O)OCC(COC(=O)CCCCC/C=C\C=C/CCCC)OC(=O)CCCCCCCCC/C=C\C/C=C\CC. The third kappa shape index (κ3) is 46.9. The molecule has 0 N–H and O–H groups in total.